The molecule has 1 aliphatic rings. The molecule has 2 aromatic carbocycles. The lowest BCUT2D eigenvalue weighted by Gasteiger charge is -2.27. The van der Waals surface area contributed by atoms with Gasteiger partial charge in [-0.15, -0.1) is 5.10 Å². The molecule has 1 N–H and O–H groups in total. The van der Waals surface area contributed by atoms with Crippen molar-refractivity contribution in [3.05, 3.63) is 59.9 Å². The number of hydrazone groups is 1. The van der Waals surface area contributed by atoms with Crippen LogP contribution in [0.3, 0.4) is 0 Å². The van der Waals surface area contributed by atoms with Crippen LogP contribution in [0.15, 0.2) is 60.0 Å². The molecular formula is C19H19ClN6OS. The second-order valence-electron chi connectivity index (χ2n) is 6.40. The van der Waals surface area contributed by atoms with Gasteiger partial charge in [-0.05, 0) is 36.4 Å². The number of para-hydroxylation sites is 2. The number of nitrogens with zero attached hydrogens (tertiary/aromatic N) is 5. The second-order valence-corrected chi connectivity index (χ2v) is 7.78. The molecule has 0 bridgehead atoms. The molecule has 1 aliphatic heterocycles. The maximum Gasteiger partial charge on any atom is 0.234 e. The summed E-state index contributed by atoms with van der Waals surface area (Å²) >= 11 is 7.26. The zero-order valence-corrected chi connectivity index (χ0v) is 17.0. The van der Waals surface area contributed by atoms with Gasteiger partial charge in [0, 0.05) is 24.8 Å². The molecule has 7 nitrogen and oxygen atoms in total. The number of hydrogen-bond acceptors (Lipinski definition) is 6. The zero-order chi connectivity index (χ0) is 19.7. The molecule has 3 aromatic rings. The van der Waals surface area contributed by atoms with Crippen LogP contribution < -0.4 is 5.32 Å². The summed E-state index contributed by atoms with van der Waals surface area (Å²) in [5.74, 6) is 0.166. The number of amidine groups is 1. The van der Waals surface area contributed by atoms with Gasteiger partial charge in [0.1, 0.15) is 0 Å². The number of carbonyl (C=O) groups excluding carboxylic acids is 1. The standard InChI is InChI=1S/C19H19ClN6OS/c1-24-18(28-11-17(27)22-14-9-7-13(20)8-10-14)23-25(2)19(24)26-12-21-15-5-3-4-6-16(15)26/h3-10,12,19H,11H2,1-2H3,(H,22,27). The molecule has 1 atom stereocenters. The quantitative estimate of drug-likeness (QED) is 0.705. The first-order valence-electron chi connectivity index (χ1n) is 8.67. The van der Waals surface area contributed by atoms with Gasteiger partial charge in [0.2, 0.25) is 12.2 Å². The Balaban J connectivity index is 1.41. The summed E-state index contributed by atoms with van der Waals surface area (Å²) in [5.41, 5.74) is 2.69. The minimum atomic E-state index is -0.130. The number of aromatic nitrogens is 2. The Kier molecular flexibility index (Phi) is 5.15. The summed E-state index contributed by atoms with van der Waals surface area (Å²) in [4.78, 5) is 18.8. The average Bonchev–Trinajstić information content (AvgIpc) is 3.22. The van der Waals surface area contributed by atoms with Gasteiger partial charge in [-0.2, -0.15) is 0 Å². The minimum absolute atomic E-state index is 0.0948. The van der Waals surface area contributed by atoms with Crippen molar-refractivity contribution in [2.24, 2.45) is 5.10 Å². The van der Waals surface area contributed by atoms with E-state index in [4.69, 9.17) is 11.6 Å². The molecule has 1 amide bonds. The molecule has 0 aliphatic carbocycles. The first-order chi connectivity index (χ1) is 13.5. The number of nitrogens with one attached hydrogen (secondary N) is 1. The van der Waals surface area contributed by atoms with Gasteiger partial charge >= 0.3 is 0 Å². The van der Waals surface area contributed by atoms with Crippen LogP contribution in [0.2, 0.25) is 5.02 Å². The first-order valence-corrected chi connectivity index (χ1v) is 10.0. The summed E-state index contributed by atoms with van der Waals surface area (Å²) in [6.45, 7) is 0. The van der Waals surface area contributed by atoms with E-state index >= 15 is 0 Å². The largest absolute Gasteiger partial charge is 0.325 e. The third-order valence-electron chi connectivity index (χ3n) is 4.42. The third-order valence-corrected chi connectivity index (χ3v) is 5.70. The smallest absolute Gasteiger partial charge is 0.234 e. The van der Waals surface area contributed by atoms with Gasteiger partial charge in [-0.25, -0.2) is 4.98 Å². The lowest BCUT2D eigenvalue weighted by molar-refractivity contribution is -0.113. The number of anilines is 1. The van der Waals surface area contributed by atoms with Crippen molar-refractivity contribution >= 4 is 51.2 Å². The SMILES string of the molecule is CN1N=C(SCC(=O)Nc2ccc(Cl)cc2)N(C)C1n1cnc2ccccc21. The number of fused-ring (bicyclic) bond motifs is 1. The van der Waals surface area contributed by atoms with E-state index in [1.165, 1.54) is 11.8 Å². The number of rotatable bonds is 4. The van der Waals surface area contributed by atoms with E-state index in [1.807, 2.05) is 54.6 Å². The van der Waals surface area contributed by atoms with Crippen molar-refractivity contribution in [2.45, 2.75) is 6.29 Å². The fourth-order valence-corrected chi connectivity index (χ4v) is 4.07. The summed E-state index contributed by atoms with van der Waals surface area (Å²) in [6, 6.07) is 15.0. The number of benzene rings is 2. The van der Waals surface area contributed by atoms with Crippen LogP contribution in [0.1, 0.15) is 6.29 Å². The monoisotopic (exact) mass is 414 g/mol. The molecule has 0 radical (unpaired) electrons. The molecular weight excluding hydrogens is 396 g/mol. The van der Waals surface area contributed by atoms with E-state index < -0.39 is 0 Å². The van der Waals surface area contributed by atoms with Crippen LogP contribution >= 0.6 is 23.4 Å². The van der Waals surface area contributed by atoms with Gasteiger partial charge in [-0.3, -0.25) is 14.4 Å². The summed E-state index contributed by atoms with van der Waals surface area (Å²) in [6.07, 6.45) is 1.69. The van der Waals surface area contributed by atoms with E-state index in [9.17, 15) is 4.79 Å². The van der Waals surface area contributed by atoms with Crippen molar-refractivity contribution in [1.29, 1.82) is 0 Å². The fraction of sp³-hybridized carbons (Fsp3) is 0.211. The van der Waals surface area contributed by atoms with E-state index in [-0.39, 0.29) is 17.9 Å². The van der Waals surface area contributed by atoms with Crippen LogP contribution in [0, 0.1) is 0 Å². The van der Waals surface area contributed by atoms with Crippen LogP contribution in [0.4, 0.5) is 5.69 Å². The van der Waals surface area contributed by atoms with Crippen molar-refractivity contribution in [3.63, 3.8) is 0 Å². The fourth-order valence-electron chi connectivity index (χ4n) is 3.13. The van der Waals surface area contributed by atoms with Crippen molar-refractivity contribution in [2.75, 3.05) is 25.2 Å². The maximum absolute atomic E-state index is 12.3. The van der Waals surface area contributed by atoms with E-state index in [0.717, 1.165) is 21.9 Å². The number of halogens is 1. The number of imidazole rings is 1. The second kappa shape index (κ2) is 7.73. The Hall–Kier alpha value is -2.71. The number of hydrogen-bond donors (Lipinski definition) is 1. The number of amides is 1. The first kappa shape index (κ1) is 18.6. The minimum Gasteiger partial charge on any atom is -0.325 e. The van der Waals surface area contributed by atoms with E-state index in [1.54, 1.807) is 24.3 Å². The van der Waals surface area contributed by atoms with E-state index in [0.29, 0.717) is 5.02 Å². The van der Waals surface area contributed by atoms with Gasteiger partial charge in [-0.1, -0.05) is 35.5 Å². The molecule has 144 valence electrons. The lowest BCUT2D eigenvalue weighted by Crippen LogP contribution is -2.34. The van der Waals surface area contributed by atoms with Gasteiger partial charge in [0.25, 0.3) is 0 Å². The number of carbonyl (C=O) groups is 1. The van der Waals surface area contributed by atoms with Crippen molar-refractivity contribution in [1.82, 2.24) is 19.5 Å². The molecule has 0 saturated heterocycles. The maximum atomic E-state index is 12.3. The average molecular weight is 415 g/mol. The molecule has 28 heavy (non-hydrogen) atoms. The Morgan fingerprint density at radius 1 is 1.18 bits per heavy atom. The number of thioether (sulfide) groups is 1. The summed E-state index contributed by atoms with van der Waals surface area (Å²) in [7, 11) is 3.88. The Morgan fingerprint density at radius 3 is 2.71 bits per heavy atom. The Labute approximate surface area is 172 Å². The molecule has 9 heteroatoms. The molecule has 1 aromatic heterocycles. The Bertz CT molecular complexity index is 1030. The molecule has 2 heterocycles. The predicted molar refractivity (Wildman–Crippen MR) is 114 cm³/mol. The highest BCUT2D eigenvalue weighted by molar-refractivity contribution is 8.14. The predicted octanol–water partition coefficient (Wildman–Crippen LogP) is 3.67. The highest BCUT2D eigenvalue weighted by Crippen LogP contribution is 2.30. The lowest BCUT2D eigenvalue weighted by atomic mass is 10.3. The zero-order valence-electron chi connectivity index (χ0n) is 15.4. The summed E-state index contributed by atoms with van der Waals surface area (Å²) < 4.78 is 2.07. The molecule has 1 unspecified atom stereocenters. The highest BCUT2D eigenvalue weighted by Gasteiger charge is 2.31. The molecule has 0 saturated carbocycles. The highest BCUT2D eigenvalue weighted by atomic mass is 35.5. The molecule has 0 fully saturated rings. The van der Waals surface area contributed by atoms with Gasteiger partial charge < -0.3 is 10.2 Å². The summed E-state index contributed by atoms with van der Waals surface area (Å²) in [5, 5.41) is 10.7. The Morgan fingerprint density at radius 2 is 1.93 bits per heavy atom. The third kappa shape index (κ3) is 3.65. The normalized spacial score (nSPS) is 16.5. The van der Waals surface area contributed by atoms with Gasteiger partial charge in [0.15, 0.2) is 5.17 Å². The van der Waals surface area contributed by atoms with E-state index in [2.05, 4.69) is 20.0 Å². The van der Waals surface area contributed by atoms with Crippen LogP contribution in [0.5, 0.6) is 0 Å². The van der Waals surface area contributed by atoms with Crippen molar-refractivity contribution in [3.8, 4) is 0 Å². The van der Waals surface area contributed by atoms with Crippen LogP contribution in [-0.4, -0.2) is 50.4 Å². The van der Waals surface area contributed by atoms with Crippen LogP contribution in [-0.2, 0) is 4.79 Å². The topological polar surface area (TPSA) is 65.8 Å². The molecule has 0 spiro atoms. The van der Waals surface area contributed by atoms with Crippen molar-refractivity contribution < 1.29 is 4.79 Å². The molecule has 4 rings (SSSR count). The van der Waals surface area contributed by atoms with Gasteiger partial charge in [0.05, 0.1) is 23.1 Å². The van der Waals surface area contributed by atoms with Crippen LogP contribution in [0.25, 0.3) is 11.0 Å².